The van der Waals surface area contributed by atoms with Crippen LogP contribution >= 0.6 is 0 Å². The van der Waals surface area contributed by atoms with E-state index in [0.29, 0.717) is 0 Å². The van der Waals surface area contributed by atoms with Crippen LogP contribution in [0.25, 0.3) is 0 Å². The van der Waals surface area contributed by atoms with Crippen molar-refractivity contribution in [3.05, 3.63) is 12.2 Å². The molecular weight excluding hydrogens is 112 g/mol. The molecule has 0 rings (SSSR count). The minimum atomic E-state index is 0.273. The van der Waals surface area contributed by atoms with Gasteiger partial charge in [-0.05, 0) is 13.3 Å². The Morgan fingerprint density at radius 1 is 1.67 bits per heavy atom. The van der Waals surface area contributed by atoms with Crippen LogP contribution in [-0.4, -0.2) is 13.2 Å². The van der Waals surface area contributed by atoms with Crippen molar-refractivity contribution in [2.24, 2.45) is 0 Å². The number of methoxy groups -OCH3 is 1. The molecule has 0 aliphatic heterocycles. The third-order valence-corrected chi connectivity index (χ3v) is 1.39. The Bertz CT molecular complexity index is 86.6. The normalized spacial score (nSPS) is 13.2. The van der Waals surface area contributed by atoms with E-state index in [4.69, 9.17) is 4.74 Å². The minimum Gasteiger partial charge on any atom is -0.377 e. The van der Waals surface area contributed by atoms with Crippen molar-refractivity contribution < 1.29 is 4.74 Å². The SMILES string of the molecule is C=C(C)C(CCC)OC. The van der Waals surface area contributed by atoms with E-state index in [9.17, 15) is 0 Å². The molecule has 1 heteroatoms. The van der Waals surface area contributed by atoms with Gasteiger partial charge in [0.25, 0.3) is 0 Å². The molecule has 0 heterocycles. The Hall–Kier alpha value is -0.300. The van der Waals surface area contributed by atoms with Crippen LogP contribution in [-0.2, 0) is 4.74 Å². The van der Waals surface area contributed by atoms with Gasteiger partial charge in [0.2, 0.25) is 0 Å². The van der Waals surface area contributed by atoms with Crippen LogP contribution in [0.3, 0.4) is 0 Å². The molecule has 0 fully saturated rings. The van der Waals surface area contributed by atoms with E-state index >= 15 is 0 Å². The molecule has 0 aromatic rings. The Morgan fingerprint density at radius 3 is 2.33 bits per heavy atom. The molecule has 1 atom stereocenters. The highest BCUT2D eigenvalue weighted by molar-refractivity contribution is 4.97. The summed E-state index contributed by atoms with van der Waals surface area (Å²) in [7, 11) is 1.73. The van der Waals surface area contributed by atoms with Crippen molar-refractivity contribution in [1.29, 1.82) is 0 Å². The Labute approximate surface area is 57.7 Å². The van der Waals surface area contributed by atoms with Crippen LogP contribution in [0.5, 0.6) is 0 Å². The summed E-state index contributed by atoms with van der Waals surface area (Å²) < 4.78 is 5.15. The Balaban J connectivity index is 3.54. The van der Waals surface area contributed by atoms with E-state index in [1.807, 2.05) is 6.92 Å². The second-order valence-corrected chi connectivity index (χ2v) is 2.36. The standard InChI is InChI=1S/C8H16O/c1-5-6-8(9-4)7(2)3/h8H,2,5-6H2,1,3-4H3. The quantitative estimate of drug-likeness (QED) is 0.528. The molecule has 0 aliphatic rings. The molecule has 1 nitrogen and oxygen atoms in total. The van der Waals surface area contributed by atoms with Gasteiger partial charge in [0.1, 0.15) is 0 Å². The highest BCUT2D eigenvalue weighted by Crippen LogP contribution is 2.08. The lowest BCUT2D eigenvalue weighted by molar-refractivity contribution is 0.124. The molecule has 0 saturated carbocycles. The van der Waals surface area contributed by atoms with Crippen molar-refractivity contribution in [1.82, 2.24) is 0 Å². The van der Waals surface area contributed by atoms with E-state index < -0.39 is 0 Å². The van der Waals surface area contributed by atoms with Gasteiger partial charge in [0.15, 0.2) is 0 Å². The van der Waals surface area contributed by atoms with E-state index in [1.165, 1.54) is 0 Å². The van der Waals surface area contributed by atoms with Crippen LogP contribution in [0.4, 0.5) is 0 Å². The van der Waals surface area contributed by atoms with Crippen molar-refractivity contribution in [2.75, 3.05) is 7.11 Å². The highest BCUT2D eigenvalue weighted by Gasteiger charge is 2.04. The van der Waals surface area contributed by atoms with E-state index in [0.717, 1.165) is 18.4 Å². The fourth-order valence-corrected chi connectivity index (χ4v) is 0.828. The van der Waals surface area contributed by atoms with Gasteiger partial charge in [-0.2, -0.15) is 0 Å². The average Bonchev–Trinajstić information content (AvgIpc) is 1.82. The molecule has 1 unspecified atom stereocenters. The zero-order chi connectivity index (χ0) is 7.28. The molecule has 0 aromatic carbocycles. The average molecular weight is 128 g/mol. The summed E-state index contributed by atoms with van der Waals surface area (Å²) in [6.07, 6.45) is 2.52. The van der Waals surface area contributed by atoms with Gasteiger partial charge in [-0.1, -0.05) is 25.5 Å². The zero-order valence-corrected chi connectivity index (χ0v) is 6.61. The van der Waals surface area contributed by atoms with Crippen molar-refractivity contribution in [2.45, 2.75) is 32.8 Å². The van der Waals surface area contributed by atoms with E-state index in [1.54, 1.807) is 7.11 Å². The fraction of sp³-hybridized carbons (Fsp3) is 0.750. The lowest BCUT2D eigenvalue weighted by atomic mass is 10.1. The predicted molar refractivity (Wildman–Crippen MR) is 40.5 cm³/mol. The first kappa shape index (κ1) is 8.70. The van der Waals surface area contributed by atoms with E-state index in [2.05, 4.69) is 13.5 Å². The van der Waals surface area contributed by atoms with Crippen LogP contribution < -0.4 is 0 Å². The smallest absolute Gasteiger partial charge is 0.0775 e. The molecule has 0 aliphatic carbocycles. The summed E-state index contributed by atoms with van der Waals surface area (Å²) in [5, 5.41) is 0. The third kappa shape index (κ3) is 3.31. The predicted octanol–water partition coefficient (Wildman–Crippen LogP) is 2.38. The molecule has 0 spiro atoms. The number of hydrogen-bond donors (Lipinski definition) is 0. The van der Waals surface area contributed by atoms with Gasteiger partial charge >= 0.3 is 0 Å². The van der Waals surface area contributed by atoms with Crippen LogP contribution in [0, 0.1) is 0 Å². The first-order chi connectivity index (χ1) is 4.22. The van der Waals surface area contributed by atoms with Gasteiger partial charge in [0, 0.05) is 7.11 Å². The fourth-order valence-electron chi connectivity index (χ4n) is 0.828. The molecule has 0 radical (unpaired) electrons. The lowest BCUT2D eigenvalue weighted by Gasteiger charge is -2.12. The maximum atomic E-state index is 5.15. The van der Waals surface area contributed by atoms with Crippen LogP contribution in [0.2, 0.25) is 0 Å². The molecule has 0 bridgehead atoms. The largest absolute Gasteiger partial charge is 0.377 e. The van der Waals surface area contributed by atoms with Gasteiger partial charge < -0.3 is 4.74 Å². The molecule has 54 valence electrons. The van der Waals surface area contributed by atoms with Crippen molar-refractivity contribution in [3.8, 4) is 0 Å². The Kier molecular flexibility index (Phi) is 4.41. The summed E-state index contributed by atoms with van der Waals surface area (Å²) in [4.78, 5) is 0. The zero-order valence-electron chi connectivity index (χ0n) is 6.61. The van der Waals surface area contributed by atoms with Crippen LogP contribution in [0.1, 0.15) is 26.7 Å². The summed E-state index contributed by atoms with van der Waals surface area (Å²) in [5.74, 6) is 0. The molecule has 0 amide bonds. The summed E-state index contributed by atoms with van der Waals surface area (Å²) in [5.41, 5.74) is 1.12. The summed E-state index contributed by atoms with van der Waals surface area (Å²) in [6.45, 7) is 7.97. The molecule has 0 aromatic heterocycles. The van der Waals surface area contributed by atoms with Gasteiger partial charge in [-0.15, -0.1) is 0 Å². The second-order valence-electron chi connectivity index (χ2n) is 2.36. The minimum absolute atomic E-state index is 0.273. The summed E-state index contributed by atoms with van der Waals surface area (Å²) >= 11 is 0. The molecule has 9 heavy (non-hydrogen) atoms. The van der Waals surface area contributed by atoms with Crippen LogP contribution in [0.15, 0.2) is 12.2 Å². The van der Waals surface area contributed by atoms with Crippen molar-refractivity contribution in [3.63, 3.8) is 0 Å². The third-order valence-electron chi connectivity index (χ3n) is 1.39. The number of hydrogen-bond acceptors (Lipinski definition) is 1. The van der Waals surface area contributed by atoms with Gasteiger partial charge in [-0.25, -0.2) is 0 Å². The highest BCUT2D eigenvalue weighted by atomic mass is 16.5. The lowest BCUT2D eigenvalue weighted by Crippen LogP contribution is -2.10. The molecule has 0 N–H and O–H groups in total. The number of ether oxygens (including phenoxy) is 1. The second kappa shape index (κ2) is 4.57. The first-order valence-corrected chi connectivity index (χ1v) is 3.40. The first-order valence-electron chi connectivity index (χ1n) is 3.40. The Morgan fingerprint density at radius 2 is 2.22 bits per heavy atom. The van der Waals surface area contributed by atoms with Gasteiger partial charge in [0.05, 0.1) is 6.10 Å². The van der Waals surface area contributed by atoms with Gasteiger partial charge in [-0.3, -0.25) is 0 Å². The van der Waals surface area contributed by atoms with Crippen molar-refractivity contribution >= 4 is 0 Å². The topological polar surface area (TPSA) is 9.23 Å². The van der Waals surface area contributed by atoms with E-state index in [-0.39, 0.29) is 6.10 Å². The number of rotatable bonds is 4. The maximum Gasteiger partial charge on any atom is 0.0775 e. The maximum absolute atomic E-state index is 5.15. The molecule has 0 saturated heterocycles. The summed E-state index contributed by atoms with van der Waals surface area (Å²) in [6, 6.07) is 0. The molecular formula is C8H16O. The monoisotopic (exact) mass is 128 g/mol.